The molecule has 1 aromatic carbocycles. The second-order valence-electron chi connectivity index (χ2n) is 5.49. The molecule has 0 amide bonds. The summed E-state index contributed by atoms with van der Waals surface area (Å²) in [7, 11) is 3.75. The molecule has 0 radical (unpaired) electrons. The summed E-state index contributed by atoms with van der Waals surface area (Å²) >= 11 is 0. The van der Waals surface area contributed by atoms with Gasteiger partial charge in [0.15, 0.2) is 0 Å². The van der Waals surface area contributed by atoms with Gasteiger partial charge in [0.05, 0.1) is 24.1 Å². The van der Waals surface area contributed by atoms with E-state index in [1.807, 2.05) is 0 Å². The molecule has 0 aliphatic carbocycles. The van der Waals surface area contributed by atoms with Crippen LogP contribution >= 0.6 is 0 Å². The third-order valence-electron chi connectivity index (χ3n) is 3.54. The van der Waals surface area contributed by atoms with E-state index in [2.05, 4.69) is 48.0 Å². The minimum absolute atomic E-state index is 0.378. The highest BCUT2D eigenvalue weighted by Crippen LogP contribution is 2.32. The van der Waals surface area contributed by atoms with Crippen LogP contribution in [0.3, 0.4) is 0 Å². The predicted octanol–water partition coefficient (Wildman–Crippen LogP) is 1.59. The van der Waals surface area contributed by atoms with E-state index >= 15 is 0 Å². The van der Waals surface area contributed by atoms with Gasteiger partial charge in [-0.25, -0.2) is 0 Å². The lowest BCUT2D eigenvalue weighted by Crippen LogP contribution is -2.37. The highest BCUT2D eigenvalue weighted by atomic mass is 16.5. The average molecular weight is 264 g/mol. The van der Waals surface area contributed by atoms with Gasteiger partial charge in [-0.05, 0) is 18.1 Å². The third-order valence-corrected chi connectivity index (χ3v) is 3.54. The summed E-state index contributed by atoms with van der Waals surface area (Å²) in [6.07, 6.45) is -0.450. The van der Waals surface area contributed by atoms with Gasteiger partial charge in [-0.1, -0.05) is 19.1 Å². The van der Waals surface area contributed by atoms with Gasteiger partial charge in [0.25, 0.3) is 0 Å². The van der Waals surface area contributed by atoms with Crippen molar-refractivity contribution in [1.82, 2.24) is 0 Å². The van der Waals surface area contributed by atoms with Crippen LogP contribution in [-0.4, -0.2) is 51.6 Å². The number of nitrogens with zero attached hydrogens (tertiary/aromatic N) is 2. The van der Waals surface area contributed by atoms with Crippen LogP contribution in [0.4, 0.5) is 11.4 Å². The number of para-hydroxylation sites is 2. The average Bonchev–Trinajstić information content (AvgIpc) is 2.48. The Kier molecular flexibility index (Phi) is 4.66. The number of methoxy groups -OCH3 is 1. The molecule has 0 unspecified atom stereocenters. The van der Waals surface area contributed by atoms with Crippen molar-refractivity contribution in [3.8, 4) is 0 Å². The standard InChI is InChI=1S/C15H24N2O2/c1-12-8-16(2)14-6-4-5-7-15(14)17(9-12)10-13(18)11-19-3/h4-7,12-13,18H,8-11H2,1-3H3/t12-,13-/m1/s1. The van der Waals surface area contributed by atoms with Crippen LogP contribution in [0.5, 0.6) is 0 Å². The van der Waals surface area contributed by atoms with E-state index in [-0.39, 0.29) is 0 Å². The van der Waals surface area contributed by atoms with Gasteiger partial charge >= 0.3 is 0 Å². The Labute approximate surface area is 115 Å². The fourth-order valence-corrected chi connectivity index (χ4v) is 2.82. The molecule has 106 valence electrons. The van der Waals surface area contributed by atoms with E-state index in [4.69, 9.17) is 4.74 Å². The van der Waals surface area contributed by atoms with Crippen molar-refractivity contribution in [2.24, 2.45) is 5.92 Å². The minimum Gasteiger partial charge on any atom is -0.389 e. The maximum Gasteiger partial charge on any atom is 0.0947 e. The lowest BCUT2D eigenvalue weighted by atomic mass is 10.1. The molecular weight excluding hydrogens is 240 g/mol. The van der Waals surface area contributed by atoms with E-state index in [9.17, 15) is 5.11 Å². The number of aliphatic hydroxyl groups excluding tert-OH is 1. The largest absolute Gasteiger partial charge is 0.389 e. The zero-order valence-electron chi connectivity index (χ0n) is 12.0. The monoisotopic (exact) mass is 264 g/mol. The first-order valence-corrected chi connectivity index (χ1v) is 6.84. The summed E-state index contributed by atoms with van der Waals surface area (Å²) in [6, 6.07) is 8.39. The topological polar surface area (TPSA) is 35.9 Å². The molecule has 0 fully saturated rings. The quantitative estimate of drug-likeness (QED) is 0.896. The summed E-state index contributed by atoms with van der Waals surface area (Å²) in [5.74, 6) is 0.562. The Hall–Kier alpha value is -1.26. The number of anilines is 2. The number of hydrogen-bond donors (Lipinski definition) is 1. The fraction of sp³-hybridized carbons (Fsp3) is 0.600. The van der Waals surface area contributed by atoms with E-state index < -0.39 is 6.10 Å². The van der Waals surface area contributed by atoms with Crippen molar-refractivity contribution in [1.29, 1.82) is 0 Å². The Bertz CT molecular complexity index is 411. The molecule has 0 saturated carbocycles. The van der Waals surface area contributed by atoms with E-state index in [0.29, 0.717) is 19.1 Å². The molecule has 0 spiro atoms. The molecule has 1 N–H and O–H groups in total. The molecule has 4 nitrogen and oxygen atoms in total. The number of benzene rings is 1. The van der Waals surface area contributed by atoms with Crippen molar-refractivity contribution < 1.29 is 9.84 Å². The lowest BCUT2D eigenvalue weighted by molar-refractivity contribution is 0.0685. The van der Waals surface area contributed by atoms with Gasteiger partial charge in [0.2, 0.25) is 0 Å². The molecule has 0 saturated heterocycles. The van der Waals surface area contributed by atoms with Gasteiger partial charge in [-0.15, -0.1) is 0 Å². The highest BCUT2D eigenvalue weighted by molar-refractivity contribution is 5.72. The summed E-state index contributed by atoms with van der Waals surface area (Å²) in [5, 5.41) is 9.99. The molecule has 1 heterocycles. The molecule has 0 bridgehead atoms. The van der Waals surface area contributed by atoms with Crippen LogP contribution < -0.4 is 9.80 Å². The zero-order chi connectivity index (χ0) is 13.8. The number of rotatable bonds is 4. The second-order valence-corrected chi connectivity index (χ2v) is 5.49. The molecular formula is C15H24N2O2. The first-order chi connectivity index (χ1) is 9.11. The minimum atomic E-state index is -0.450. The molecule has 1 aliphatic heterocycles. The number of β-amino-alcohol motifs (C(OH)–C–C–N with tert-alkyl or cyclic N) is 1. The predicted molar refractivity (Wildman–Crippen MR) is 79.0 cm³/mol. The second kappa shape index (κ2) is 6.26. The maximum atomic E-state index is 9.99. The van der Waals surface area contributed by atoms with Crippen molar-refractivity contribution in [3.05, 3.63) is 24.3 Å². The van der Waals surface area contributed by atoms with Crippen LogP contribution in [0, 0.1) is 5.92 Å². The van der Waals surface area contributed by atoms with Gasteiger partial charge in [0.1, 0.15) is 0 Å². The number of aliphatic hydroxyl groups is 1. The smallest absolute Gasteiger partial charge is 0.0947 e. The van der Waals surface area contributed by atoms with E-state index in [1.54, 1.807) is 7.11 Å². The van der Waals surface area contributed by atoms with Gasteiger partial charge in [-0.3, -0.25) is 0 Å². The maximum absolute atomic E-state index is 9.99. The van der Waals surface area contributed by atoms with E-state index in [1.165, 1.54) is 11.4 Å². The van der Waals surface area contributed by atoms with Gasteiger partial charge in [-0.2, -0.15) is 0 Å². The molecule has 0 aromatic heterocycles. The van der Waals surface area contributed by atoms with Crippen LogP contribution in [0.1, 0.15) is 6.92 Å². The molecule has 1 aromatic rings. The third kappa shape index (κ3) is 3.39. The molecule has 1 aliphatic rings. The van der Waals surface area contributed by atoms with Crippen LogP contribution in [-0.2, 0) is 4.74 Å². The Morgan fingerprint density at radius 3 is 2.68 bits per heavy atom. The highest BCUT2D eigenvalue weighted by Gasteiger charge is 2.23. The molecule has 2 rings (SSSR count). The summed E-state index contributed by atoms with van der Waals surface area (Å²) < 4.78 is 5.03. The molecule has 19 heavy (non-hydrogen) atoms. The summed E-state index contributed by atoms with van der Waals surface area (Å²) in [4.78, 5) is 4.57. The van der Waals surface area contributed by atoms with Gasteiger partial charge in [0, 0.05) is 33.8 Å². The normalized spacial score (nSPS) is 20.9. The lowest BCUT2D eigenvalue weighted by Gasteiger charge is -2.28. The number of fused-ring (bicyclic) bond motifs is 1. The van der Waals surface area contributed by atoms with Crippen LogP contribution in [0.25, 0.3) is 0 Å². The van der Waals surface area contributed by atoms with Gasteiger partial charge < -0.3 is 19.6 Å². The molecule has 4 heteroatoms. The number of ether oxygens (including phenoxy) is 1. The van der Waals surface area contributed by atoms with Crippen LogP contribution in [0.15, 0.2) is 24.3 Å². The Balaban J connectivity index is 2.23. The Morgan fingerprint density at radius 2 is 2.00 bits per heavy atom. The SMILES string of the molecule is COC[C@H](O)CN1C[C@H](C)CN(C)c2ccccc21. The number of hydrogen-bond acceptors (Lipinski definition) is 4. The van der Waals surface area contributed by atoms with Crippen molar-refractivity contribution in [2.45, 2.75) is 13.0 Å². The summed E-state index contributed by atoms with van der Waals surface area (Å²) in [6.45, 7) is 5.24. The fourth-order valence-electron chi connectivity index (χ4n) is 2.82. The first kappa shape index (κ1) is 14.2. The first-order valence-electron chi connectivity index (χ1n) is 6.84. The van der Waals surface area contributed by atoms with Crippen molar-refractivity contribution in [3.63, 3.8) is 0 Å². The van der Waals surface area contributed by atoms with Crippen LogP contribution in [0.2, 0.25) is 0 Å². The molecule has 2 atom stereocenters. The summed E-state index contributed by atoms with van der Waals surface area (Å²) in [5.41, 5.74) is 2.43. The zero-order valence-corrected chi connectivity index (χ0v) is 12.0. The van der Waals surface area contributed by atoms with Crippen molar-refractivity contribution >= 4 is 11.4 Å². The van der Waals surface area contributed by atoms with E-state index in [0.717, 1.165) is 13.1 Å². The van der Waals surface area contributed by atoms with Crippen molar-refractivity contribution in [2.75, 3.05) is 50.2 Å². The Morgan fingerprint density at radius 1 is 1.32 bits per heavy atom.